The second-order valence-electron chi connectivity index (χ2n) is 10.4. The van der Waals surface area contributed by atoms with Gasteiger partial charge in [0.1, 0.15) is 0 Å². The van der Waals surface area contributed by atoms with Crippen LogP contribution in [0.5, 0.6) is 0 Å². The van der Waals surface area contributed by atoms with Crippen molar-refractivity contribution in [2.24, 2.45) is 29.6 Å². The average molecular weight is 379 g/mol. The fraction of sp³-hybridized carbons (Fsp3) is 1.00. The molecule has 0 nitrogen and oxygen atoms in total. The molecule has 0 amide bonds. The topological polar surface area (TPSA) is 0 Å². The van der Waals surface area contributed by atoms with Gasteiger partial charge >= 0.3 is 0 Å². The maximum absolute atomic E-state index is 2.59. The minimum atomic E-state index is 0.858. The zero-order valence-corrected chi connectivity index (χ0v) is 19.9. The molecule has 0 N–H and O–H groups in total. The molecule has 0 saturated heterocycles. The third-order valence-corrected chi connectivity index (χ3v) is 7.93. The van der Waals surface area contributed by atoms with E-state index in [9.17, 15) is 0 Å². The third-order valence-electron chi connectivity index (χ3n) is 7.93. The van der Waals surface area contributed by atoms with Gasteiger partial charge in [0.05, 0.1) is 0 Å². The van der Waals surface area contributed by atoms with Gasteiger partial charge in [-0.25, -0.2) is 0 Å². The highest BCUT2D eigenvalue weighted by Crippen LogP contribution is 2.36. The summed E-state index contributed by atoms with van der Waals surface area (Å²) in [6.45, 7) is 12.2. The van der Waals surface area contributed by atoms with Gasteiger partial charge in [0.15, 0.2) is 0 Å². The van der Waals surface area contributed by atoms with Gasteiger partial charge in [-0.05, 0) is 36.0 Å². The van der Waals surface area contributed by atoms with E-state index in [0.717, 1.165) is 29.6 Å². The molecule has 0 heterocycles. The molecule has 4 atom stereocenters. The Morgan fingerprint density at radius 1 is 0.667 bits per heavy atom. The first-order valence-corrected chi connectivity index (χ1v) is 13.1. The summed E-state index contributed by atoms with van der Waals surface area (Å²) in [5.74, 6) is 4.73. The standard InChI is InChI=1S/C27H54/c1-6-26(21-17-14-13-15-19-24(4)23(2)3)27-22-18-12-10-8-7-9-11-16-20-25(27)5/h23-27H,6-22H2,1-5H3. The van der Waals surface area contributed by atoms with Crippen molar-refractivity contribution in [3.05, 3.63) is 0 Å². The Labute approximate surface area is 173 Å². The lowest BCUT2D eigenvalue weighted by atomic mass is 9.73. The van der Waals surface area contributed by atoms with Crippen molar-refractivity contribution < 1.29 is 0 Å². The monoisotopic (exact) mass is 378 g/mol. The maximum atomic E-state index is 2.59. The van der Waals surface area contributed by atoms with Crippen LogP contribution in [0.2, 0.25) is 0 Å². The van der Waals surface area contributed by atoms with Gasteiger partial charge in [0, 0.05) is 0 Å². The lowest BCUT2D eigenvalue weighted by Crippen LogP contribution is -2.22. The van der Waals surface area contributed by atoms with Crippen molar-refractivity contribution >= 4 is 0 Å². The van der Waals surface area contributed by atoms with Crippen molar-refractivity contribution in [3.8, 4) is 0 Å². The second kappa shape index (κ2) is 15.9. The molecule has 0 aromatic heterocycles. The van der Waals surface area contributed by atoms with Crippen molar-refractivity contribution in [3.63, 3.8) is 0 Å². The van der Waals surface area contributed by atoms with Crippen LogP contribution < -0.4 is 0 Å². The number of unbranched alkanes of at least 4 members (excludes halogenated alkanes) is 3. The molecule has 162 valence electrons. The number of hydrogen-bond donors (Lipinski definition) is 0. The summed E-state index contributed by atoms with van der Waals surface area (Å²) in [4.78, 5) is 0. The Bertz CT molecular complexity index is 318. The number of rotatable bonds is 10. The van der Waals surface area contributed by atoms with Crippen LogP contribution in [-0.2, 0) is 0 Å². The van der Waals surface area contributed by atoms with Crippen LogP contribution in [0.25, 0.3) is 0 Å². The van der Waals surface area contributed by atoms with E-state index in [-0.39, 0.29) is 0 Å². The summed E-state index contributed by atoms with van der Waals surface area (Å²) in [5.41, 5.74) is 0. The van der Waals surface area contributed by atoms with Gasteiger partial charge in [0.2, 0.25) is 0 Å². The van der Waals surface area contributed by atoms with E-state index in [1.54, 1.807) is 0 Å². The Kier molecular flexibility index (Phi) is 14.7. The lowest BCUT2D eigenvalue weighted by Gasteiger charge is -2.32. The van der Waals surface area contributed by atoms with Crippen molar-refractivity contribution in [1.29, 1.82) is 0 Å². The molecule has 4 unspecified atom stereocenters. The van der Waals surface area contributed by atoms with E-state index < -0.39 is 0 Å². The molecule has 1 fully saturated rings. The molecule has 1 rings (SSSR count). The molecule has 0 spiro atoms. The summed E-state index contributed by atoms with van der Waals surface area (Å²) in [6.07, 6.45) is 25.2. The van der Waals surface area contributed by atoms with Crippen molar-refractivity contribution in [2.75, 3.05) is 0 Å². The molecular formula is C27H54. The molecule has 1 saturated carbocycles. The van der Waals surface area contributed by atoms with E-state index in [0.29, 0.717) is 0 Å². The molecule has 0 aromatic carbocycles. The normalized spacial score (nSPS) is 25.6. The highest BCUT2D eigenvalue weighted by atomic mass is 14.3. The SMILES string of the molecule is CCC(CCCCCCC(C)C(C)C)C1CCCCCCCCCCC1C. The zero-order chi connectivity index (χ0) is 19.9. The van der Waals surface area contributed by atoms with Crippen LogP contribution >= 0.6 is 0 Å². The summed E-state index contributed by atoms with van der Waals surface area (Å²) in [6, 6.07) is 0. The largest absolute Gasteiger partial charge is 0.0651 e. The van der Waals surface area contributed by atoms with Crippen LogP contribution in [0.15, 0.2) is 0 Å². The van der Waals surface area contributed by atoms with Gasteiger partial charge < -0.3 is 0 Å². The minimum absolute atomic E-state index is 0.858. The molecule has 27 heavy (non-hydrogen) atoms. The Morgan fingerprint density at radius 2 is 1.19 bits per heavy atom. The Balaban J connectivity index is 2.35. The molecular weight excluding hydrogens is 324 g/mol. The predicted octanol–water partition coefficient (Wildman–Crippen LogP) is 9.81. The van der Waals surface area contributed by atoms with Crippen LogP contribution in [0.1, 0.15) is 144 Å². The lowest BCUT2D eigenvalue weighted by molar-refractivity contribution is 0.184. The van der Waals surface area contributed by atoms with Crippen LogP contribution in [-0.4, -0.2) is 0 Å². The molecule has 0 aromatic rings. The minimum Gasteiger partial charge on any atom is -0.0651 e. The first kappa shape index (κ1) is 25.0. The van der Waals surface area contributed by atoms with Gasteiger partial charge in [-0.15, -0.1) is 0 Å². The second-order valence-corrected chi connectivity index (χ2v) is 10.4. The van der Waals surface area contributed by atoms with Crippen molar-refractivity contribution in [1.82, 2.24) is 0 Å². The van der Waals surface area contributed by atoms with Gasteiger partial charge in [-0.1, -0.05) is 137 Å². The van der Waals surface area contributed by atoms with E-state index in [4.69, 9.17) is 0 Å². The highest BCUT2D eigenvalue weighted by Gasteiger charge is 2.25. The first-order valence-electron chi connectivity index (χ1n) is 13.1. The predicted molar refractivity (Wildman–Crippen MR) is 124 cm³/mol. The third kappa shape index (κ3) is 11.6. The fourth-order valence-corrected chi connectivity index (χ4v) is 5.39. The van der Waals surface area contributed by atoms with Gasteiger partial charge in [-0.3, -0.25) is 0 Å². The molecule has 0 radical (unpaired) electrons. The molecule has 0 heteroatoms. The van der Waals surface area contributed by atoms with Gasteiger partial charge in [0.25, 0.3) is 0 Å². The first-order chi connectivity index (χ1) is 13.1. The van der Waals surface area contributed by atoms with Gasteiger partial charge in [-0.2, -0.15) is 0 Å². The summed E-state index contributed by atoms with van der Waals surface area (Å²) in [5, 5.41) is 0. The molecule has 0 bridgehead atoms. The summed E-state index contributed by atoms with van der Waals surface area (Å²) < 4.78 is 0. The van der Waals surface area contributed by atoms with E-state index in [1.165, 1.54) is 109 Å². The Morgan fingerprint density at radius 3 is 1.74 bits per heavy atom. The Hall–Kier alpha value is 0. The van der Waals surface area contributed by atoms with Crippen LogP contribution in [0.3, 0.4) is 0 Å². The quantitative estimate of drug-likeness (QED) is 0.332. The fourth-order valence-electron chi connectivity index (χ4n) is 5.39. The van der Waals surface area contributed by atoms with Crippen molar-refractivity contribution in [2.45, 2.75) is 144 Å². The summed E-state index contributed by atoms with van der Waals surface area (Å²) >= 11 is 0. The van der Waals surface area contributed by atoms with Crippen LogP contribution in [0.4, 0.5) is 0 Å². The van der Waals surface area contributed by atoms with E-state index >= 15 is 0 Å². The molecule has 0 aliphatic heterocycles. The maximum Gasteiger partial charge on any atom is -0.0360 e. The average Bonchev–Trinajstić information content (AvgIpc) is 2.64. The smallest absolute Gasteiger partial charge is 0.0360 e. The van der Waals surface area contributed by atoms with Crippen LogP contribution in [0, 0.1) is 29.6 Å². The highest BCUT2D eigenvalue weighted by molar-refractivity contribution is 4.75. The number of hydrogen-bond acceptors (Lipinski definition) is 0. The zero-order valence-electron chi connectivity index (χ0n) is 19.9. The summed E-state index contributed by atoms with van der Waals surface area (Å²) in [7, 11) is 0. The van der Waals surface area contributed by atoms with E-state index in [2.05, 4.69) is 34.6 Å². The van der Waals surface area contributed by atoms with E-state index in [1.807, 2.05) is 0 Å². The molecule has 1 aliphatic rings. The molecule has 1 aliphatic carbocycles.